The van der Waals surface area contributed by atoms with Crippen molar-refractivity contribution in [2.24, 2.45) is 11.8 Å². The molecular weight excluding hydrogens is 1720 g/mol. The van der Waals surface area contributed by atoms with E-state index in [-0.39, 0.29) is 100 Å². The highest BCUT2D eigenvalue weighted by atomic mass is 28.4. The van der Waals surface area contributed by atoms with Gasteiger partial charge in [-0.25, -0.2) is 0 Å². The number of hydrogen-bond donors (Lipinski definition) is 0. The van der Waals surface area contributed by atoms with Gasteiger partial charge in [0.15, 0.2) is 0 Å². The number of fused-ring (bicyclic) bond motifs is 2. The van der Waals surface area contributed by atoms with Gasteiger partial charge >= 0.3 is 35.2 Å². The van der Waals surface area contributed by atoms with Crippen LogP contribution in [0.2, 0.25) is 24.2 Å². The normalized spacial score (nSPS) is 15.8. The van der Waals surface area contributed by atoms with E-state index in [0.717, 1.165) is 70.6 Å². The van der Waals surface area contributed by atoms with Crippen LogP contribution in [0.4, 0.5) is 0 Å². The van der Waals surface area contributed by atoms with Crippen molar-refractivity contribution >= 4 is 114 Å². The molecule has 4 aliphatic heterocycles. The lowest BCUT2D eigenvalue weighted by atomic mass is 9.80. The fourth-order valence-corrected chi connectivity index (χ4v) is 27.6. The molecule has 130 heavy (non-hydrogen) atoms. The van der Waals surface area contributed by atoms with E-state index in [1.807, 2.05) is 125 Å². The van der Waals surface area contributed by atoms with Crippen molar-refractivity contribution in [2.45, 2.75) is 205 Å². The van der Waals surface area contributed by atoms with Crippen molar-refractivity contribution in [1.29, 1.82) is 0 Å². The van der Waals surface area contributed by atoms with Crippen molar-refractivity contribution < 1.29 is 101 Å². The van der Waals surface area contributed by atoms with Gasteiger partial charge < -0.3 is 81.9 Å². The average Bonchev–Trinajstić information content (AvgIpc) is 0.668. The van der Waals surface area contributed by atoms with E-state index in [0.29, 0.717) is 99.0 Å². The topological polar surface area (TPSA) is 263 Å². The fourth-order valence-electron chi connectivity index (χ4n) is 19.4. The summed E-state index contributed by atoms with van der Waals surface area (Å²) in [6.45, 7) is 26.3. The third-order valence-electron chi connectivity index (χ3n) is 28.0. The van der Waals surface area contributed by atoms with E-state index in [1.54, 1.807) is 119 Å². The van der Waals surface area contributed by atoms with Crippen LogP contribution in [0.25, 0.3) is 43.1 Å². The highest BCUT2D eigenvalue weighted by molar-refractivity contribution is 6.62. The largest absolute Gasteiger partial charge is 0.500 e. The number of imide groups is 2. The van der Waals surface area contributed by atoms with Gasteiger partial charge in [0.1, 0.15) is 58.1 Å². The highest BCUT2D eigenvalue weighted by Crippen LogP contribution is 2.59. The van der Waals surface area contributed by atoms with Gasteiger partial charge in [-0.05, 0) is 193 Å². The first-order valence-electron chi connectivity index (χ1n) is 45.3. The van der Waals surface area contributed by atoms with Gasteiger partial charge in [0.2, 0.25) is 11.8 Å². The molecule has 9 aromatic rings. The molecule has 0 N–H and O–H groups in total. The molecule has 0 spiro atoms. The van der Waals surface area contributed by atoms with Crippen LogP contribution >= 0.6 is 0 Å². The lowest BCUT2D eigenvalue weighted by Crippen LogP contribution is -2.57. The van der Waals surface area contributed by atoms with E-state index >= 15 is 28.8 Å². The lowest BCUT2D eigenvalue weighted by Gasteiger charge is -2.40. The predicted molar refractivity (Wildman–Crippen MR) is 510 cm³/mol. The maximum atomic E-state index is 16.9. The van der Waals surface area contributed by atoms with E-state index in [9.17, 15) is 0 Å². The van der Waals surface area contributed by atoms with Crippen LogP contribution in [0, 0.1) is 11.8 Å². The number of piperidine rings is 2. The number of benzene rings is 9. The summed E-state index contributed by atoms with van der Waals surface area (Å²) in [6, 6.07) is 36.9. The molecule has 9 aromatic carbocycles. The van der Waals surface area contributed by atoms with Gasteiger partial charge in [-0.1, -0.05) is 132 Å². The first kappa shape index (κ1) is 98.6. The van der Waals surface area contributed by atoms with Gasteiger partial charge in [-0.3, -0.25) is 38.6 Å². The summed E-state index contributed by atoms with van der Waals surface area (Å²) >= 11 is 0. The Hall–Kier alpha value is -8.91. The molecule has 0 bridgehead atoms. The second-order valence-corrected chi connectivity index (χ2v) is 50.4. The molecule has 30 heteroatoms. The zero-order valence-corrected chi connectivity index (χ0v) is 84.4. The summed E-state index contributed by atoms with van der Waals surface area (Å²) < 4.78 is 101. The van der Waals surface area contributed by atoms with Crippen molar-refractivity contribution in [2.75, 3.05) is 111 Å². The second-order valence-electron chi connectivity index (χ2n) is 38.0. The molecule has 0 radical (unpaired) electrons. The number of amides is 6. The van der Waals surface area contributed by atoms with E-state index < -0.39 is 104 Å². The summed E-state index contributed by atoms with van der Waals surface area (Å²) in [7, 11) is 7.03. The fraction of sp³-hybridized carbons (Fsp3) is 0.500. The Labute approximate surface area is 770 Å². The van der Waals surface area contributed by atoms with E-state index in [4.69, 9.17) is 72.1 Å². The molecule has 4 heterocycles. The molecule has 13 rings (SSSR count). The number of rotatable bonds is 42. The van der Waals surface area contributed by atoms with Crippen LogP contribution in [0.5, 0.6) is 46.0 Å². The number of hydrogen-bond acceptors (Lipinski definition) is 22. The Morgan fingerprint density at radius 2 is 0.485 bits per heavy atom. The third kappa shape index (κ3) is 19.1. The van der Waals surface area contributed by atoms with Gasteiger partial charge in [-0.15, -0.1) is 0 Å². The summed E-state index contributed by atoms with van der Waals surface area (Å²) in [5.41, 5.74) is 2.00. The standard InChI is InChI=1S/C100H132N4O22Si4/c1-63(2)89(95(109)101-51-27-25-28-52-101)103-91(105)73-59-77(123-69-39-31-65(32-40-69)97(5,6)47-55-127(111-13,112-14)113-15)83-85-79(125-71-43-35-67(36-44-71)99(9,10)49-57-129(117-19,118-20)119-21)61-75-82-76(94(108)104(93(75)107)90(64(3)4)96(110)102-53-29-26-30-54-102)62-80(126-72-45-37-68(38-46-72)100(11,12)50-58-130(120-22,121-23)122-24)86(88(82)85)84-78(60-74(92(103)106)81(73)87(83)84)124-70-41-33-66(34-42-70)98(7,8)48-56-128(114-16,115-17)116-18/h31-46,59-64,89-90H,25-30,47-58H2,1-24H3. The molecule has 0 aromatic heterocycles. The Bertz CT molecular complexity index is 4940. The summed E-state index contributed by atoms with van der Waals surface area (Å²) in [6.07, 6.45) is 7.31. The molecule has 0 saturated carbocycles. The number of nitrogens with zero attached hydrogens (tertiary/aromatic N) is 4. The molecule has 2 saturated heterocycles. The molecule has 700 valence electrons. The molecule has 2 unspecified atom stereocenters. The summed E-state index contributed by atoms with van der Waals surface area (Å²) in [5, 5.41) is 2.03. The minimum absolute atomic E-state index is 0.0273. The smallest absolute Gasteiger partial charge is 0.457 e. The maximum Gasteiger partial charge on any atom is 0.500 e. The van der Waals surface area contributed by atoms with Crippen LogP contribution in [0.3, 0.4) is 0 Å². The Morgan fingerprint density at radius 1 is 0.292 bits per heavy atom. The van der Waals surface area contributed by atoms with Crippen molar-refractivity contribution in [3.8, 4) is 46.0 Å². The average molecular weight is 1850 g/mol. The minimum Gasteiger partial charge on any atom is -0.457 e. The minimum atomic E-state index is -3.04. The van der Waals surface area contributed by atoms with Crippen LogP contribution < -0.4 is 18.9 Å². The molecule has 2 atom stereocenters. The number of carbonyl (C=O) groups is 6. The van der Waals surface area contributed by atoms with Gasteiger partial charge in [0.25, 0.3) is 23.6 Å². The summed E-state index contributed by atoms with van der Waals surface area (Å²) in [4.78, 5) is 105. The predicted octanol–water partition coefficient (Wildman–Crippen LogP) is 20.4. The molecule has 26 nitrogen and oxygen atoms in total. The molecule has 6 amide bonds. The summed E-state index contributed by atoms with van der Waals surface area (Å²) in [5.74, 6) is -3.25. The first-order valence-corrected chi connectivity index (χ1v) is 53.0. The Kier molecular flexibility index (Phi) is 30.1. The van der Waals surface area contributed by atoms with E-state index in [1.165, 1.54) is 0 Å². The van der Waals surface area contributed by atoms with E-state index in [2.05, 4.69) is 55.4 Å². The first-order chi connectivity index (χ1) is 61.8. The van der Waals surface area contributed by atoms with Crippen molar-refractivity contribution in [1.82, 2.24) is 19.6 Å². The SMILES string of the molecule is CO[Si](CCC(C)(C)c1ccc(Oc2cc3c4c(cc(Oc5ccc(C(C)(C)CC[Si](OC)(OC)OC)cc5)c5c6c(Oc7ccc(C(C)(C)CC[Si](OC)(OC)OC)cc7)cc7c8c(cc(Oc9ccc(C(C)(C)CC[Si](OC)(OC)OC)cc9)c(c2c45)c86)C(=O)N(C(C(=O)N2CCCCC2)C(C)C)C7=O)C(=O)N(C(C(=O)N2CCCCC2)C(C)C)C3=O)cc1)(OC)OC. The molecule has 2 fully saturated rings. The monoisotopic (exact) mass is 1850 g/mol. The third-order valence-corrected chi connectivity index (χ3v) is 38.9. The zero-order chi connectivity index (χ0) is 94.1. The Balaban J connectivity index is 1.17. The zero-order valence-electron chi connectivity index (χ0n) is 80.4. The number of carbonyl (C=O) groups excluding carboxylic acids is 6. The van der Waals surface area contributed by atoms with Crippen molar-refractivity contribution in [3.63, 3.8) is 0 Å². The van der Waals surface area contributed by atoms with Gasteiger partial charge in [0.05, 0.1) is 22.3 Å². The lowest BCUT2D eigenvalue weighted by molar-refractivity contribution is -0.138. The van der Waals surface area contributed by atoms with Crippen LogP contribution in [-0.4, -0.2) is 214 Å². The van der Waals surface area contributed by atoms with Crippen LogP contribution in [0.15, 0.2) is 121 Å². The number of likely N-dealkylation sites (tertiary alicyclic amines) is 2. The van der Waals surface area contributed by atoms with Crippen molar-refractivity contribution in [3.05, 3.63) is 166 Å². The quantitative estimate of drug-likeness (QED) is 0.0149. The molecule has 0 aliphatic carbocycles. The Morgan fingerprint density at radius 3 is 0.662 bits per heavy atom. The second kappa shape index (κ2) is 39.7. The molecular formula is C100H132N4O22Si4. The van der Waals surface area contributed by atoms with Crippen LogP contribution in [-0.2, 0) is 84.4 Å². The van der Waals surface area contributed by atoms with Gasteiger partial charge in [-0.2, -0.15) is 0 Å². The maximum absolute atomic E-state index is 16.9. The molecule has 4 aliphatic rings. The van der Waals surface area contributed by atoms with Crippen LogP contribution in [0.1, 0.15) is 211 Å². The number of ether oxygens (including phenoxy) is 4. The highest BCUT2D eigenvalue weighted by Gasteiger charge is 2.51. The van der Waals surface area contributed by atoms with Gasteiger partial charge in [0, 0.05) is 179 Å².